The molecule has 0 fully saturated rings. The normalized spacial score (nSPS) is 12.0. The summed E-state index contributed by atoms with van der Waals surface area (Å²) in [5.41, 5.74) is 5.01. The van der Waals surface area contributed by atoms with Crippen LogP contribution in [0.2, 0.25) is 0 Å². The standard InChI is InChI=1S/C7H13NO2S2.Na/c1-4(9)5(7(8)10)2-3-6(11)12;/h5-6,11-12H,2-3H2,1H3,(H2,8,10);. The van der Waals surface area contributed by atoms with Gasteiger partial charge in [0.15, 0.2) is 0 Å². The van der Waals surface area contributed by atoms with E-state index < -0.39 is 11.8 Å². The van der Waals surface area contributed by atoms with E-state index in [1.54, 1.807) is 0 Å². The molecule has 0 aliphatic carbocycles. The molecule has 0 aromatic carbocycles. The molecule has 1 radical (unpaired) electrons. The maximum absolute atomic E-state index is 10.8. The fraction of sp³-hybridized carbons (Fsp3) is 0.714. The van der Waals surface area contributed by atoms with Gasteiger partial charge in [-0.15, -0.1) is 0 Å². The van der Waals surface area contributed by atoms with Gasteiger partial charge < -0.3 is 5.73 Å². The summed E-state index contributed by atoms with van der Waals surface area (Å²) in [6, 6.07) is 0. The molecule has 0 aromatic heterocycles. The topological polar surface area (TPSA) is 60.2 Å². The van der Waals surface area contributed by atoms with Gasteiger partial charge in [0.05, 0.1) is 5.92 Å². The molecule has 0 spiro atoms. The Kier molecular flexibility index (Phi) is 10.2. The molecule has 0 aliphatic rings. The van der Waals surface area contributed by atoms with Crippen LogP contribution < -0.4 is 5.73 Å². The van der Waals surface area contributed by atoms with E-state index in [9.17, 15) is 9.59 Å². The molecule has 0 heterocycles. The molecular weight excluding hydrogens is 217 g/mol. The van der Waals surface area contributed by atoms with Gasteiger partial charge in [-0.05, 0) is 19.8 Å². The number of hydrogen-bond donors (Lipinski definition) is 3. The summed E-state index contributed by atoms with van der Waals surface area (Å²) < 4.78 is -0.105. The van der Waals surface area contributed by atoms with Gasteiger partial charge in [-0.3, -0.25) is 9.59 Å². The zero-order chi connectivity index (χ0) is 9.72. The molecule has 3 nitrogen and oxygen atoms in total. The van der Waals surface area contributed by atoms with Crippen LogP contribution in [0.4, 0.5) is 0 Å². The number of carbonyl (C=O) groups is 2. The molecule has 0 rings (SSSR count). The van der Waals surface area contributed by atoms with Crippen molar-refractivity contribution in [3.05, 3.63) is 0 Å². The molecule has 6 heteroatoms. The third-order valence-corrected chi connectivity index (χ3v) is 2.06. The van der Waals surface area contributed by atoms with E-state index in [1.807, 2.05) is 0 Å². The van der Waals surface area contributed by atoms with E-state index in [0.717, 1.165) is 0 Å². The summed E-state index contributed by atoms with van der Waals surface area (Å²) in [5.74, 6) is -1.43. The molecule has 13 heavy (non-hydrogen) atoms. The van der Waals surface area contributed by atoms with Crippen LogP contribution in [-0.2, 0) is 9.59 Å². The number of rotatable bonds is 5. The SMILES string of the molecule is CC(=O)C(CCC(S)S)C(N)=O.[Na]. The predicted molar refractivity (Wildman–Crippen MR) is 60.1 cm³/mol. The number of hydrogen-bond acceptors (Lipinski definition) is 4. The van der Waals surface area contributed by atoms with Crippen LogP contribution >= 0.6 is 25.3 Å². The number of amides is 1. The van der Waals surface area contributed by atoms with Gasteiger partial charge in [-0.2, -0.15) is 25.3 Å². The largest absolute Gasteiger partial charge is 0.369 e. The van der Waals surface area contributed by atoms with Crippen LogP contribution in [-0.4, -0.2) is 45.8 Å². The number of primary amides is 1. The van der Waals surface area contributed by atoms with Crippen molar-refractivity contribution in [1.29, 1.82) is 0 Å². The second-order valence-electron chi connectivity index (χ2n) is 2.62. The Morgan fingerprint density at radius 3 is 2.00 bits per heavy atom. The Morgan fingerprint density at radius 2 is 1.77 bits per heavy atom. The minimum atomic E-state index is -0.674. The van der Waals surface area contributed by atoms with Crippen molar-refractivity contribution in [2.75, 3.05) is 0 Å². The third kappa shape index (κ3) is 7.88. The van der Waals surface area contributed by atoms with Gasteiger partial charge in [-0.1, -0.05) is 0 Å². The van der Waals surface area contributed by atoms with Crippen molar-refractivity contribution < 1.29 is 9.59 Å². The minimum Gasteiger partial charge on any atom is -0.369 e. The van der Waals surface area contributed by atoms with Crippen molar-refractivity contribution in [2.45, 2.75) is 24.3 Å². The summed E-state index contributed by atoms with van der Waals surface area (Å²) in [6.07, 6.45) is 1.03. The summed E-state index contributed by atoms with van der Waals surface area (Å²) >= 11 is 8.02. The van der Waals surface area contributed by atoms with Crippen molar-refractivity contribution in [1.82, 2.24) is 0 Å². The van der Waals surface area contributed by atoms with Gasteiger partial charge in [0.25, 0.3) is 0 Å². The first-order chi connectivity index (χ1) is 5.45. The first-order valence-electron chi connectivity index (χ1n) is 3.61. The fourth-order valence-electron chi connectivity index (χ4n) is 0.862. The Hall–Kier alpha value is 0.840. The van der Waals surface area contributed by atoms with Crippen molar-refractivity contribution in [3.63, 3.8) is 0 Å². The van der Waals surface area contributed by atoms with Gasteiger partial charge in [0.1, 0.15) is 5.78 Å². The second-order valence-corrected chi connectivity index (χ2v) is 4.28. The van der Waals surface area contributed by atoms with Gasteiger partial charge in [0, 0.05) is 34.1 Å². The average molecular weight is 230 g/mol. The molecular formula is C7H13NNaO2S2. The average Bonchev–Trinajstić information content (AvgIpc) is 1.84. The molecule has 1 amide bonds. The van der Waals surface area contributed by atoms with Crippen LogP contribution in [0.25, 0.3) is 0 Å². The van der Waals surface area contributed by atoms with Gasteiger partial charge in [0.2, 0.25) is 5.91 Å². The van der Waals surface area contributed by atoms with Gasteiger partial charge >= 0.3 is 0 Å². The third-order valence-electron chi connectivity index (χ3n) is 1.55. The molecule has 1 unspecified atom stereocenters. The molecule has 71 valence electrons. The summed E-state index contributed by atoms with van der Waals surface area (Å²) in [6.45, 7) is 1.36. The Bertz CT molecular complexity index is 173. The van der Waals surface area contributed by atoms with Crippen LogP contribution in [0.3, 0.4) is 0 Å². The smallest absolute Gasteiger partial charge is 0.227 e. The van der Waals surface area contributed by atoms with E-state index in [0.29, 0.717) is 12.8 Å². The number of ketones is 1. The maximum Gasteiger partial charge on any atom is 0.227 e. The molecule has 0 bridgehead atoms. The number of nitrogens with two attached hydrogens (primary N) is 1. The Morgan fingerprint density at radius 1 is 1.31 bits per heavy atom. The molecule has 2 N–H and O–H groups in total. The zero-order valence-corrected chi connectivity index (χ0v) is 11.6. The van der Waals surface area contributed by atoms with Crippen LogP contribution in [0.1, 0.15) is 19.8 Å². The number of Topliss-reactive ketones (excluding diaryl/α,β-unsaturated/α-hetero) is 1. The zero-order valence-electron chi connectivity index (χ0n) is 7.86. The first kappa shape index (κ1) is 16.3. The summed E-state index contributed by atoms with van der Waals surface area (Å²) in [4.78, 5) is 21.6. The van der Waals surface area contributed by atoms with E-state index in [-0.39, 0.29) is 39.9 Å². The van der Waals surface area contributed by atoms with Crippen LogP contribution in [0.15, 0.2) is 0 Å². The van der Waals surface area contributed by atoms with Crippen LogP contribution in [0, 0.1) is 5.92 Å². The van der Waals surface area contributed by atoms with Gasteiger partial charge in [-0.25, -0.2) is 0 Å². The maximum atomic E-state index is 10.8. The molecule has 0 saturated heterocycles. The van der Waals surface area contributed by atoms with E-state index in [2.05, 4.69) is 25.3 Å². The quantitative estimate of drug-likeness (QED) is 0.275. The summed E-state index contributed by atoms with van der Waals surface area (Å²) in [5, 5.41) is 0. The van der Waals surface area contributed by atoms with Crippen molar-refractivity contribution in [2.24, 2.45) is 11.7 Å². The Balaban J connectivity index is 0. The molecule has 0 saturated carbocycles. The van der Waals surface area contributed by atoms with Crippen molar-refractivity contribution >= 4 is 66.5 Å². The van der Waals surface area contributed by atoms with E-state index in [1.165, 1.54) is 6.92 Å². The summed E-state index contributed by atoms with van der Waals surface area (Å²) in [7, 11) is 0. The monoisotopic (exact) mass is 230 g/mol. The van der Waals surface area contributed by atoms with Crippen LogP contribution in [0.5, 0.6) is 0 Å². The fourth-order valence-corrected chi connectivity index (χ4v) is 1.16. The minimum absolute atomic E-state index is 0. The number of carbonyl (C=O) groups excluding carboxylic acids is 2. The molecule has 1 atom stereocenters. The molecule has 0 aromatic rings. The predicted octanol–water partition coefficient (Wildman–Crippen LogP) is 0.262. The number of thiol groups is 2. The second kappa shape index (κ2) is 8.17. The Labute approximate surface area is 111 Å². The van der Waals surface area contributed by atoms with Crippen molar-refractivity contribution in [3.8, 4) is 0 Å². The molecule has 0 aliphatic heterocycles. The first-order valence-corrected chi connectivity index (χ1v) is 4.64. The van der Waals surface area contributed by atoms with E-state index >= 15 is 0 Å². The van der Waals surface area contributed by atoms with E-state index in [4.69, 9.17) is 5.73 Å².